The second kappa shape index (κ2) is 85.7. The molecule has 1 unspecified atom stereocenters. The Balaban J connectivity index is -0.0000000680. The summed E-state index contributed by atoms with van der Waals surface area (Å²) < 4.78 is 0. The van der Waals surface area contributed by atoms with Crippen LogP contribution in [0.15, 0.2) is 91.0 Å². The summed E-state index contributed by atoms with van der Waals surface area (Å²) in [6, 6.07) is 28.2. The number of carboxylic acid groups (broad SMARTS) is 7. The topological polar surface area (TPSA) is 590 Å². The van der Waals surface area contributed by atoms with Gasteiger partial charge in [-0.3, -0.25) is 0 Å². The molecule has 648 valence electrons. The van der Waals surface area contributed by atoms with Crippen LogP contribution >= 0.6 is 75.3 Å². The average Bonchev–Trinajstić information content (AvgIpc) is 0.851. The predicted molar refractivity (Wildman–Crippen MR) is 435 cm³/mol. The summed E-state index contributed by atoms with van der Waals surface area (Å²) in [6.45, 7) is 40.9. The molecule has 4 rings (SSSR count). The standard InChI is InChI=1S/C14H13NO2.C9H11NO2.3C9H19NO2.C7H13N.2C4H9NO2.CH4O.8ClH.6H2N.4Pt/c16-14(17)15-13(11-7-3-1-4-8-11)12-9-5-2-6-10-12;1-7(10-9(11)12)8-5-3-2-4-6-8;3*1-8(2,3)6-9(4,5)10-7(11)12;1-6-4-2-3-5-7(6)8;2*1-2-3-5-4(6)7;1-2;;;;;;;;;;;;;;;;;;/h1-10,13,15H,(H,16,17);2-7,10H,1H3,(H,11,12);3*10H,6H2,1-5H3,(H,11,12);6-8H,1-5H2;2*5H,2-3H2,1H3,(H,6,7);2H,1H3;8*1H;6*1H2;;;;/q;;;;;-2;;;;;;;;;;;;6*-1;4*+4/p-8/t;;;;;6-,7-;;;;;;;;;;;;;;;;;;;;;/m.....1...................../s1. The molecule has 0 radical (unpaired) electrons. The van der Waals surface area contributed by atoms with Crippen LogP contribution in [0, 0.1) is 29.1 Å². The number of aliphatic hydroxyl groups excluding tert-OH is 1. The number of rotatable bonds is 15. The van der Waals surface area contributed by atoms with E-state index in [1.165, 1.54) is 19.3 Å². The summed E-state index contributed by atoms with van der Waals surface area (Å²) in [5.41, 5.74) is 9.66. The van der Waals surface area contributed by atoms with Crippen molar-refractivity contribution >= 4 is 118 Å². The number of hydrogen-bond donors (Lipinski definition) is 15. The molecule has 3 aromatic carbocycles. The number of hydrogen-bond acceptors (Lipinski definition) is 8. The molecule has 0 heterocycles. The van der Waals surface area contributed by atoms with Gasteiger partial charge < -0.3 is 128 Å². The number of nitrogens with one attached hydrogen (secondary N) is 8. The van der Waals surface area contributed by atoms with E-state index in [1.54, 1.807) is 0 Å². The predicted octanol–water partition coefficient (Wildman–Crippen LogP) is 25.6. The van der Waals surface area contributed by atoms with Crippen LogP contribution in [0.2, 0.25) is 0 Å². The van der Waals surface area contributed by atoms with Gasteiger partial charge in [-0.25, -0.2) is 33.6 Å². The van der Waals surface area contributed by atoms with Crippen molar-refractivity contribution in [2.45, 2.75) is 217 Å². The zero-order valence-corrected chi connectivity index (χ0v) is 79.8. The van der Waals surface area contributed by atoms with E-state index in [0.29, 0.717) is 19.0 Å². The van der Waals surface area contributed by atoms with E-state index in [9.17, 15) is 33.6 Å². The third-order valence-corrected chi connectivity index (χ3v) is 11.4. The molecule has 0 spiro atoms. The number of amides is 7. The minimum absolute atomic E-state index is 0. The smallest absolute Gasteiger partial charge is 0.693 e. The van der Waals surface area contributed by atoms with Crippen molar-refractivity contribution in [2.24, 2.45) is 22.2 Å². The van der Waals surface area contributed by atoms with Crippen LogP contribution in [0.25, 0.3) is 42.6 Å². The van der Waals surface area contributed by atoms with Crippen molar-refractivity contribution in [3.8, 4) is 0 Å². The molecule has 28 N–H and O–H groups in total. The molecule has 1 fully saturated rings. The molecular weight excluding hydrogens is 2290 g/mol. The van der Waals surface area contributed by atoms with Crippen LogP contribution in [0.3, 0.4) is 0 Å². The van der Waals surface area contributed by atoms with E-state index < -0.39 is 109 Å². The summed E-state index contributed by atoms with van der Waals surface area (Å²) in [7, 11) is 40.0. The van der Waals surface area contributed by atoms with Crippen molar-refractivity contribution in [1.29, 1.82) is 0 Å². The summed E-state index contributed by atoms with van der Waals surface area (Å²) in [5, 5.41) is 82.6. The summed E-state index contributed by atoms with van der Waals surface area (Å²) in [4.78, 5) is 71.6. The van der Waals surface area contributed by atoms with Gasteiger partial charge >= 0.3 is 184 Å². The van der Waals surface area contributed by atoms with Crippen molar-refractivity contribution in [3.63, 3.8) is 0 Å². The molecule has 1 aliphatic carbocycles. The zero-order valence-electron chi connectivity index (χ0n) is 64.6. The first-order valence-corrected chi connectivity index (χ1v) is 53.3. The summed E-state index contributed by atoms with van der Waals surface area (Å²) >= 11 is -1.89. The molecule has 107 heavy (non-hydrogen) atoms. The van der Waals surface area contributed by atoms with E-state index in [-0.39, 0.29) is 87.9 Å². The second-order valence-electron chi connectivity index (χ2n) is 26.7. The third-order valence-electron chi connectivity index (χ3n) is 11.4. The minimum atomic E-state index is -1.03. The van der Waals surface area contributed by atoms with Crippen LogP contribution in [-0.4, -0.2) is 126 Å². The maximum absolute atomic E-state index is 10.8. The van der Waals surface area contributed by atoms with Gasteiger partial charge in [0.1, 0.15) is 0 Å². The van der Waals surface area contributed by atoms with Gasteiger partial charge in [0.25, 0.3) is 0 Å². The van der Waals surface area contributed by atoms with E-state index >= 15 is 0 Å². The Morgan fingerprint density at radius 2 is 0.645 bits per heavy atom. The molecule has 0 bridgehead atoms. The Labute approximate surface area is 705 Å². The Kier molecular flexibility index (Phi) is 112. The van der Waals surface area contributed by atoms with Gasteiger partial charge in [0.05, 0.1) is 12.1 Å². The van der Waals surface area contributed by atoms with Gasteiger partial charge in [-0.2, -0.15) is 12.0 Å². The van der Waals surface area contributed by atoms with Crippen LogP contribution in [0.1, 0.15) is 211 Å². The van der Waals surface area contributed by atoms with Crippen LogP contribution in [-0.2, 0) is 65.9 Å². The van der Waals surface area contributed by atoms with E-state index in [0.717, 1.165) is 62.3 Å². The molecule has 1 saturated carbocycles. The SMILES string of the molecule is CC(C)(C)CC(C)(C)NC(=O)O.CC(C)(C)CC(C)(C)NC(=O)O.CC(C)(C)CC(C)(C)NC(=O)O.CC(NC(=O)O)c1ccccc1.CCCNC(=O)O.CCCNC(=O)O.CO.O=C(O)NC(c1ccccc1)c1ccccc1.[CH2-][C@@H]1CCCC[C@H]1[NH-].[Cl][Pt+2][Cl].[Cl][Pt+2][Cl].[Cl][Pt+2][Cl].[Cl][Pt+2][Cl].[NH2-].[NH2-].[NH2-].[NH2-].[NH2-].[NH2-]. The summed E-state index contributed by atoms with van der Waals surface area (Å²) in [6.07, 6.45) is 2.21. The maximum atomic E-state index is 10.8. The van der Waals surface area contributed by atoms with Gasteiger partial charge in [0.2, 0.25) is 0 Å². The van der Waals surface area contributed by atoms with Crippen molar-refractivity contribution in [1.82, 2.24) is 37.2 Å². The first-order valence-electron chi connectivity index (χ1n) is 30.7. The molecule has 0 aromatic heterocycles. The number of carbonyl (C=O) groups is 7. The van der Waals surface area contributed by atoms with Crippen molar-refractivity contribution in [2.75, 3.05) is 20.2 Å². The Bertz CT molecular complexity index is 2340. The van der Waals surface area contributed by atoms with Gasteiger partial charge in [-0.15, -0.1) is 0 Å². The minimum Gasteiger partial charge on any atom is -0.693 e. The monoisotopic (exact) mass is 2420 g/mol. The Morgan fingerprint density at radius 3 is 0.804 bits per heavy atom. The number of halogens is 8. The molecule has 0 saturated heterocycles. The Morgan fingerprint density at radius 1 is 0.421 bits per heavy atom. The van der Waals surface area contributed by atoms with E-state index in [4.69, 9.17) is 122 Å². The zero-order chi connectivity index (χ0) is 81.2. The number of nitrogens with two attached hydrogens (primary N) is 6. The molecular formula is C66H128Cl8N14O15Pt4. The molecule has 0 aliphatic heterocycles. The van der Waals surface area contributed by atoms with Gasteiger partial charge in [0.15, 0.2) is 0 Å². The largest absolute Gasteiger partial charge is 0.693 e. The fourth-order valence-corrected chi connectivity index (χ4v) is 9.43. The van der Waals surface area contributed by atoms with E-state index in [2.05, 4.69) is 106 Å². The second-order valence-corrected chi connectivity index (χ2v) is 39.9. The molecule has 29 nitrogen and oxygen atoms in total. The van der Waals surface area contributed by atoms with Crippen LogP contribution in [0.4, 0.5) is 33.6 Å². The van der Waals surface area contributed by atoms with Crippen molar-refractivity contribution in [3.05, 3.63) is 157 Å². The maximum Gasteiger partial charge on any atom is -0.693 e. The van der Waals surface area contributed by atoms with Gasteiger partial charge in [-0.05, 0) is 114 Å². The normalized spacial score (nSPS) is 12.2. The fraction of sp³-hybridized carbons (Fsp3) is 0.606. The number of benzene rings is 3. The first-order chi connectivity index (χ1) is 46.3. The van der Waals surface area contributed by atoms with Crippen LogP contribution < -0.4 is 37.2 Å². The quantitative estimate of drug-likeness (QED) is 0.0629. The number of aliphatic hydroxyl groups is 1. The molecule has 1 aliphatic rings. The van der Waals surface area contributed by atoms with E-state index in [1.807, 2.05) is 153 Å². The molecule has 3 aromatic rings. The van der Waals surface area contributed by atoms with Crippen LogP contribution in [0.5, 0.6) is 0 Å². The average molecular weight is 2420 g/mol. The molecule has 7 amide bonds. The Hall–Kier alpha value is -2.70. The molecule has 41 heteroatoms. The fourth-order valence-electron chi connectivity index (χ4n) is 9.43. The van der Waals surface area contributed by atoms with Crippen molar-refractivity contribution < 1.29 is 140 Å². The summed E-state index contributed by atoms with van der Waals surface area (Å²) in [5.74, 6) is 0.420. The van der Waals surface area contributed by atoms with Gasteiger partial charge in [-0.1, -0.05) is 193 Å². The molecule has 3 atom stereocenters. The first kappa shape index (κ1) is 140. The van der Waals surface area contributed by atoms with Gasteiger partial charge in [0, 0.05) is 36.8 Å². The third kappa shape index (κ3) is 122.